The Hall–Kier alpha value is 0.830. The number of hydrogen-bond donors (Lipinski definition) is 3. The van der Waals surface area contributed by atoms with Gasteiger partial charge in [0.1, 0.15) is 5.25 Å². The van der Waals surface area contributed by atoms with Gasteiger partial charge in [-0.2, -0.15) is 8.42 Å². The quantitative estimate of drug-likeness (QED) is 0.311. The van der Waals surface area contributed by atoms with Gasteiger partial charge in [0, 0.05) is 6.61 Å². The van der Waals surface area contributed by atoms with Gasteiger partial charge < -0.3 is 11.6 Å². The molecule has 0 rings (SSSR count). The maximum atomic E-state index is 10.2. The van der Waals surface area contributed by atoms with Crippen LogP contribution >= 0.6 is 0 Å². The van der Waals surface area contributed by atoms with Crippen molar-refractivity contribution in [3.63, 3.8) is 0 Å². The minimum atomic E-state index is -4.19. The van der Waals surface area contributed by atoms with E-state index >= 15 is 0 Å². The summed E-state index contributed by atoms with van der Waals surface area (Å²) in [6.45, 7) is -1.04. The van der Waals surface area contributed by atoms with Gasteiger partial charge in [-0.3, -0.25) is 4.55 Å². The van der Waals surface area contributed by atoms with Crippen LogP contribution in [-0.4, -0.2) is 41.6 Å². The van der Waals surface area contributed by atoms with Crippen molar-refractivity contribution < 1.29 is 54.2 Å². The topological polar surface area (TPSA) is 94.8 Å². The second kappa shape index (κ2) is 6.36. The van der Waals surface area contributed by atoms with E-state index < -0.39 is 22.0 Å². The molecule has 0 heterocycles. The van der Waals surface area contributed by atoms with Gasteiger partial charge in [-0.25, -0.2) is 0 Å². The number of aliphatic hydroxyl groups is 2. The molecule has 0 aromatic heterocycles. The molecule has 0 amide bonds. The number of hydrogen-bond acceptors (Lipinski definition) is 4. The Morgan fingerprint density at radius 2 is 1.82 bits per heavy atom. The van der Waals surface area contributed by atoms with Gasteiger partial charge in [0.15, 0.2) is 0 Å². The Balaban J connectivity index is -0.000000405. The van der Waals surface area contributed by atoms with Crippen molar-refractivity contribution >= 4 is 10.1 Å². The van der Waals surface area contributed by atoms with Crippen LogP contribution in [0.25, 0.3) is 0 Å². The van der Waals surface area contributed by atoms with Crippen LogP contribution < -0.4 is 29.6 Å². The van der Waals surface area contributed by atoms with E-state index in [-0.39, 0.29) is 44.0 Å². The summed E-state index contributed by atoms with van der Waals surface area (Å²) in [6, 6.07) is 0. The van der Waals surface area contributed by atoms with Gasteiger partial charge in [0.05, 0.1) is 6.61 Å². The van der Waals surface area contributed by atoms with Crippen LogP contribution in [0.5, 0.6) is 0 Å². The number of aliphatic hydroxyl groups excluding tert-OH is 2. The molecule has 0 bridgehead atoms. The molecule has 1 atom stereocenters. The fraction of sp³-hybridized carbons (Fsp3) is 1.00. The standard InChI is InChI=1S/C4H10O5S.Na.H/c5-2-1-4(3-6)10(7,8)9;;/h4-6H,1-3H2,(H,7,8,9);;/q;+1;-1. The zero-order chi connectivity index (χ0) is 8.20. The molecule has 0 saturated carbocycles. The normalized spacial score (nSPS) is 13.7. The fourth-order valence-corrected chi connectivity index (χ4v) is 1.07. The molecule has 0 fully saturated rings. The maximum absolute atomic E-state index is 10.2. The van der Waals surface area contributed by atoms with E-state index in [4.69, 9.17) is 14.8 Å². The van der Waals surface area contributed by atoms with Gasteiger partial charge in [0.2, 0.25) is 0 Å². The summed E-state index contributed by atoms with van der Waals surface area (Å²) in [6.07, 6.45) is -0.144. The molecule has 0 aromatic rings. The predicted molar refractivity (Wildman–Crippen MR) is 35.2 cm³/mol. The van der Waals surface area contributed by atoms with Crippen molar-refractivity contribution in [2.45, 2.75) is 11.7 Å². The van der Waals surface area contributed by atoms with Gasteiger partial charge >= 0.3 is 29.6 Å². The van der Waals surface area contributed by atoms with Crippen molar-refractivity contribution in [2.24, 2.45) is 0 Å². The average molecular weight is 194 g/mol. The molecule has 0 aliphatic heterocycles. The van der Waals surface area contributed by atoms with Crippen molar-refractivity contribution in [2.75, 3.05) is 13.2 Å². The third-order valence-electron chi connectivity index (χ3n) is 1.08. The summed E-state index contributed by atoms with van der Waals surface area (Å²) in [5, 5.41) is 15.3. The van der Waals surface area contributed by atoms with Crippen LogP contribution in [0, 0.1) is 0 Å². The SMILES string of the molecule is O=S(=O)(O)C(CO)CCO.[H-].[Na+]. The Bertz CT molecular complexity index is 182. The molecule has 3 N–H and O–H groups in total. The van der Waals surface area contributed by atoms with E-state index in [0.29, 0.717) is 0 Å². The molecular weight excluding hydrogens is 183 g/mol. The first-order valence-corrected chi connectivity index (χ1v) is 4.20. The van der Waals surface area contributed by atoms with Crippen LogP contribution in [0.2, 0.25) is 0 Å². The third kappa shape index (κ3) is 6.03. The summed E-state index contributed by atoms with van der Waals surface area (Å²) < 4.78 is 28.8. The molecule has 1 unspecified atom stereocenters. The molecule has 0 aliphatic carbocycles. The van der Waals surface area contributed by atoms with Gasteiger partial charge in [-0.05, 0) is 6.42 Å². The molecule has 0 spiro atoms. The molecule has 7 heteroatoms. The monoisotopic (exact) mass is 194 g/mol. The van der Waals surface area contributed by atoms with E-state index in [2.05, 4.69) is 0 Å². The maximum Gasteiger partial charge on any atom is 1.00 e. The van der Waals surface area contributed by atoms with E-state index in [1.54, 1.807) is 0 Å². The minimum absolute atomic E-state index is 0. The first-order valence-electron chi connectivity index (χ1n) is 2.70. The summed E-state index contributed by atoms with van der Waals surface area (Å²) >= 11 is 0. The Morgan fingerprint density at radius 1 is 1.36 bits per heavy atom. The first-order chi connectivity index (χ1) is 4.52. The van der Waals surface area contributed by atoms with Crippen molar-refractivity contribution in [1.82, 2.24) is 0 Å². The molecule has 0 saturated heterocycles. The van der Waals surface area contributed by atoms with Crippen LogP contribution in [0.1, 0.15) is 7.85 Å². The summed E-state index contributed by atoms with van der Waals surface area (Å²) in [5.41, 5.74) is 0. The molecule has 11 heavy (non-hydrogen) atoms. The van der Waals surface area contributed by atoms with Crippen LogP contribution in [0.15, 0.2) is 0 Å². The van der Waals surface area contributed by atoms with Gasteiger partial charge in [-0.15, -0.1) is 0 Å². The fourth-order valence-electron chi connectivity index (χ4n) is 0.478. The second-order valence-corrected chi connectivity index (χ2v) is 3.53. The van der Waals surface area contributed by atoms with Gasteiger partial charge in [0.25, 0.3) is 10.1 Å². The molecule has 0 aromatic carbocycles. The zero-order valence-corrected chi connectivity index (χ0v) is 9.08. The van der Waals surface area contributed by atoms with E-state index in [1.807, 2.05) is 0 Å². The van der Waals surface area contributed by atoms with Gasteiger partial charge in [-0.1, -0.05) is 0 Å². The second-order valence-electron chi connectivity index (χ2n) is 1.83. The van der Waals surface area contributed by atoms with Crippen molar-refractivity contribution in [3.8, 4) is 0 Å². The van der Waals surface area contributed by atoms with Crippen molar-refractivity contribution in [3.05, 3.63) is 0 Å². The predicted octanol–water partition coefficient (Wildman–Crippen LogP) is -4.27. The average Bonchev–Trinajstić information content (AvgIpc) is 1.80. The summed E-state index contributed by atoms with van der Waals surface area (Å²) in [4.78, 5) is 0. The molecule has 0 aliphatic rings. The molecular formula is C4H11NaO5S. The molecule has 0 radical (unpaired) electrons. The van der Waals surface area contributed by atoms with Crippen LogP contribution in [0.3, 0.4) is 0 Å². The summed E-state index contributed by atoms with van der Waals surface area (Å²) in [7, 11) is -4.19. The van der Waals surface area contributed by atoms with Crippen LogP contribution in [-0.2, 0) is 10.1 Å². The smallest absolute Gasteiger partial charge is 1.00 e. The Kier molecular flexibility index (Phi) is 8.30. The van der Waals surface area contributed by atoms with E-state index in [1.165, 1.54) is 0 Å². The largest absolute Gasteiger partial charge is 1.00 e. The Morgan fingerprint density at radius 3 is 1.91 bits per heavy atom. The minimum Gasteiger partial charge on any atom is -1.00 e. The van der Waals surface area contributed by atoms with Crippen LogP contribution in [0.4, 0.5) is 0 Å². The zero-order valence-electron chi connectivity index (χ0n) is 7.27. The number of rotatable bonds is 4. The van der Waals surface area contributed by atoms with E-state index in [9.17, 15) is 8.42 Å². The molecule has 64 valence electrons. The summed E-state index contributed by atoms with van der Waals surface area (Å²) in [5.74, 6) is 0. The van der Waals surface area contributed by atoms with Crippen molar-refractivity contribution in [1.29, 1.82) is 0 Å². The van der Waals surface area contributed by atoms with E-state index in [0.717, 1.165) is 0 Å². The first kappa shape index (κ1) is 14.4. The Labute approximate surface area is 88.9 Å². The molecule has 5 nitrogen and oxygen atoms in total. The third-order valence-corrected chi connectivity index (χ3v) is 2.30.